The molecule has 1 aromatic heterocycles. The van der Waals surface area contributed by atoms with Crippen molar-refractivity contribution in [2.24, 2.45) is 7.05 Å². The predicted molar refractivity (Wildman–Crippen MR) is 60.0 cm³/mol. The van der Waals surface area contributed by atoms with Gasteiger partial charge in [-0.05, 0) is 6.92 Å². The highest BCUT2D eigenvalue weighted by Gasteiger charge is 2.17. The van der Waals surface area contributed by atoms with Gasteiger partial charge in [0.1, 0.15) is 0 Å². The number of hydrogen-bond acceptors (Lipinski definition) is 4. The summed E-state index contributed by atoms with van der Waals surface area (Å²) < 4.78 is 1.38. The van der Waals surface area contributed by atoms with E-state index in [9.17, 15) is 4.79 Å². The van der Waals surface area contributed by atoms with Gasteiger partial charge in [0.15, 0.2) is 11.5 Å². The standard InChI is InChI=1S/C11H12N4O/c1-7-3-5-8(6-4-7)10(16)9-11(12)15(2)14-13-9/h3-6H,12H2,1-2H3. The second-order valence-electron chi connectivity index (χ2n) is 3.64. The Morgan fingerprint density at radius 3 is 2.44 bits per heavy atom. The largest absolute Gasteiger partial charge is 0.382 e. The summed E-state index contributed by atoms with van der Waals surface area (Å²) in [6.07, 6.45) is 0. The van der Waals surface area contributed by atoms with E-state index in [1.165, 1.54) is 4.68 Å². The van der Waals surface area contributed by atoms with Crippen LogP contribution in [0.4, 0.5) is 5.82 Å². The zero-order valence-corrected chi connectivity index (χ0v) is 9.14. The fourth-order valence-corrected chi connectivity index (χ4v) is 1.37. The van der Waals surface area contributed by atoms with Crippen molar-refractivity contribution in [3.8, 4) is 0 Å². The number of ketones is 1. The van der Waals surface area contributed by atoms with Gasteiger partial charge in [0.2, 0.25) is 5.78 Å². The highest BCUT2D eigenvalue weighted by Crippen LogP contribution is 2.13. The molecule has 0 spiro atoms. The summed E-state index contributed by atoms with van der Waals surface area (Å²) in [4.78, 5) is 12.0. The molecular weight excluding hydrogens is 204 g/mol. The van der Waals surface area contributed by atoms with E-state index in [0.29, 0.717) is 5.56 Å². The molecule has 16 heavy (non-hydrogen) atoms. The molecule has 0 saturated heterocycles. The van der Waals surface area contributed by atoms with Crippen LogP contribution in [0.15, 0.2) is 24.3 Å². The maximum absolute atomic E-state index is 12.0. The fraction of sp³-hybridized carbons (Fsp3) is 0.182. The predicted octanol–water partition coefficient (Wildman–Crippen LogP) is 0.937. The average Bonchev–Trinajstić information content (AvgIpc) is 2.60. The molecular formula is C11H12N4O. The van der Waals surface area contributed by atoms with Crippen LogP contribution in [0.3, 0.4) is 0 Å². The molecule has 0 unspecified atom stereocenters. The van der Waals surface area contributed by atoms with Gasteiger partial charge in [0.05, 0.1) is 0 Å². The van der Waals surface area contributed by atoms with Crippen molar-refractivity contribution in [1.82, 2.24) is 15.0 Å². The number of benzene rings is 1. The molecule has 0 saturated carbocycles. The summed E-state index contributed by atoms with van der Waals surface area (Å²) in [5, 5.41) is 7.45. The molecule has 0 radical (unpaired) electrons. The SMILES string of the molecule is Cc1ccc(C(=O)c2nnn(C)c2N)cc1. The van der Waals surface area contributed by atoms with Gasteiger partial charge in [-0.1, -0.05) is 35.0 Å². The monoisotopic (exact) mass is 216 g/mol. The second-order valence-corrected chi connectivity index (χ2v) is 3.64. The maximum atomic E-state index is 12.0. The van der Waals surface area contributed by atoms with Crippen molar-refractivity contribution in [1.29, 1.82) is 0 Å². The first-order chi connectivity index (χ1) is 7.59. The van der Waals surface area contributed by atoms with Gasteiger partial charge in [-0.15, -0.1) is 5.10 Å². The summed E-state index contributed by atoms with van der Waals surface area (Å²) in [6, 6.07) is 7.26. The molecule has 2 rings (SSSR count). The molecule has 0 fully saturated rings. The number of hydrogen-bond donors (Lipinski definition) is 1. The van der Waals surface area contributed by atoms with Crippen LogP contribution in [0.2, 0.25) is 0 Å². The van der Waals surface area contributed by atoms with Crippen LogP contribution >= 0.6 is 0 Å². The molecule has 82 valence electrons. The van der Waals surface area contributed by atoms with Crippen LogP contribution in [0.1, 0.15) is 21.6 Å². The summed E-state index contributed by atoms with van der Waals surface area (Å²) in [7, 11) is 1.65. The van der Waals surface area contributed by atoms with Gasteiger partial charge in [0.25, 0.3) is 0 Å². The van der Waals surface area contributed by atoms with E-state index in [4.69, 9.17) is 5.73 Å². The van der Waals surface area contributed by atoms with Crippen LogP contribution in [0.5, 0.6) is 0 Å². The average molecular weight is 216 g/mol. The number of aromatic nitrogens is 3. The minimum absolute atomic E-state index is 0.200. The van der Waals surface area contributed by atoms with Crippen molar-refractivity contribution in [2.75, 3.05) is 5.73 Å². The Morgan fingerprint density at radius 2 is 1.94 bits per heavy atom. The summed E-state index contributed by atoms with van der Waals surface area (Å²) in [5.74, 6) is 0.0798. The quantitative estimate of drug-likeness (QED) is 0.758. The molecule has 1 heterocycles. The Balaban J connectivity index is 2.39. The highest BCUT2D eigenvalue weighted by molar-refractivity contribution is 6.10. The normalized spacial score (nSPS) is 10.4. The Bertz CT molecular complexity index is 527. The first-order valence-electron chi connectivity index (χ1n) is 4.86. The third kappa shape index (κ3) is 1.67. The maximum Gasteiger partial charge on any atom is 0.217 e. The minimum Gasteiger partial charge on any atom is -0.382 e. The van der Waals surface area contributed by atoms with E-state index in [-0.39, 0.29) is 17.3 Å². The molecule has 0 amide bonds. The topological polar surface area (TPSA) is 73.8 Å². The lowest BCUT2D eigenvalue weighted by Crippen LogP contribution is -2.06. The Morgan fingerprint density at radius 1 is 1.31 bits per heavy atom. The van der Waals surface area contributed by atoms with Crippen LogP contribution in [0.25, 0.3) is 0 Å². The van der Waals surface area contributed by atoms with Gasteiger partial charge >= 0.3 is 0 Å². The number of anilines is 1. The van der Waals surface area contributed by atoms with Crippen LogP contribution < -0.4 is 5.73 Å². The number of aryl methyl sites for hydroxylation is 2. The van der Waals surface area contributed by atoms with Crippen molar-refractivity contribution in [3.63, 3.8) is 0 Å². The number of nitrogens with zero attached hydrogens (tertiary/aromatic N) is 3. The fourth-order valence-electron chi connectivity index (χ4n) is 1.37. The number of carbonyl (C=O) groups excluding carboxylic acids is 1. The smallest absolute Gasteiger partial charge is 0.217 e. The van der Waals surface area contributed by atoms with Crippen molar-refractivity contribution in [3.05, 3.63) is 41.1 Å². The Kier molecular flexibility index (Phi) is 2.44. The molecule has 2 N–H and O–H groups in total. The van der Waals surface area contributed by atoms with Crippen molar-refractivity contribution >= 4 is 11.6 Å². The molecule has 0 bridgehead atoms. The number of nitrogens with two attached hydrogens (primary N) is 1. The van der Waals surface area contributed by atoms with Gasteiger partial charge in [-0.3, -0.25) is 4.79 Å². The van der Waals surface area contributed by atoms with E-state index in [1.54, 1.807) is 19.2 Å². The van der Waals surface area contributed by atoms with Crippen molar-refractivity contribution < 1.29 is 4.79 Å². The Hall–Kier alpha value is -2.17. The van der Waals surface area contributed by atoms with Crippen molar-refractivity contribution in [2.45, 2.75) is 6.92 Å². The van der Waals surface area contributed by atoms with Gasteiger partial charge in [-0.25, -0.2) is 4.68 Å². The van der Waals surface area contributed by atoms with E-state index in [1.807, 2.05) is 19.1 Å². The highest BCUT2D eigenvalue weighted by atomic mass is 16.1. The molecule has 1 aromatic carbocycles. The number of nitrogen functional groups attached to an aromatic ring is 1. The number of rotatable bonds is 2. The summed E-state index contributed by atoms with van der Waals surface area (Å²) in [6.45, 7) is 1.96. The number of carbonyl (C=O) groups is 1. The van der Waals surface area contributed by atoms with Gasteiger partial charge in [0, 0.05) is 12.6 Å². The third-order valence-electron chi connectivity index (χ3n) is 2.40. The zero-order chi connectivity index (χ0) is 11.7. The first kappa shape index (κ1) is 10.4. The third-order valence-corrected chi connectivity index (χ3v) is 2.40. The van der Waals surface area contributed by atoms with Crippen LogP contribution in [-0.4, -0.2) is 20.8 Å². The summed E-state index contributed by atoms with van der Waals surface area (Å²) in [5.41, 5.74) is 7.56. The Labute approximate surface area is 92.9 Å². The van der Waals surface area contributed by atoms with E-state index in [0.717, 1.165) is 5.56 Å². The van der Waals surface area contributed by atoms with Gasteiger partial charge < -0.3 is 5.73 Å². The lowest BCUT2D eigenvalue weighted by Gasteiger charge is -1.99. The van der Waals surface area contributed by atoms with E-state index in [2.05, 4.69) is 10.3 Å². The molecule has 0 aliphatic rings. The van der Waals surface area contributed by atoms with Crippen LogP contribution in [0, 0.1) is 6.92 Å². The molecule has 0 atom stereocenters. The molecule has 5 nitrogen and oxygen atoms in total. The molecule has 2 aromatic rings. The first-order valence-corrected chi connectivity index (χ1v) is 4.86. The summed E-state index contributed by atoms with van der Waals surface area (Å²) >= 11 is 0. The van der Waals surface area contributed by atoms with Gasteiger partial charge in [-0.2, -0.15) is 0 Å². The minimum atomic E-state index is -0.203. The zero-order valence-electron chi connectivity index (χ0n) is 9.14. The second kappa shape index (κ2) is 3.77. The lowest BCUT2D eigenvalue weighted by molar-refractivity contribution is 0.103. The molecule has 5 heteroatoms. The lowest BCUT2D eigenvalue weighted by atomic mass is 10.1. The van der Waals surface area contributed by atoms with E-state index >= 15 is 0 Å². The van der Waals surface area contributed by atoms with E-state index < -0.39 is 0 Å². The molecule has 0 aliphatic carbocycles. The molecule has 0 aliphatic heterocycles. The van der Waals surface area contributed by atoms with Crippen LogP contribution in [-0.2, 0) is 7.05 Å².